The molecule has 1 aromatic rings. The summed E-state index contributed by atoms with van der Waals surface area (Å²) in [5.74, 6) is -0.907. The molecule has 0 aliphatic rings. The third kappa shape index (κ3) is 3.58. The topological polar surface area (TPSA) is 9.23 Å². The molecule has 7 heteroatoms. The van der Waals surface area contributed by atoms with Crippen molar-refractivity contribution in [2.24, 2.45) is 0 Å². The molecule has 0 atom stereocenters. The summed E-state index contributed by atoms with van der Waals surface area (Å²) in [5, 5.41) is 0. The second-order valence-electron chi connectivity index (χ2n) is 2.57. The number of hydrogen-bond acceptors (Lipinski definition) is 2. The molecular formula is C8H5F5OS. The molecule has 1 nitrogen and oxygen atoms in total. The van der Waals surface area contributed by atoms with Gasteiger partial charge in [-0.15, -0.1) is 25.8 Å². The van der Waals surface area contributed by atoms with Crippen molar-refractivity contribution in [1.82, 2.24) is 0 Å². The van der Waals surface area contributed by atoms with Crippen LogP contribution in [0.5, 0.6) is 5.75 Å². The van der Waals surface area contributed by atoms with E-state index in [1.54, 1.807) is 0 Å². The monoisotopic (exact) mass is 244 g/mol. The van der Waals surface area contributed by atoms with Crippen LogP contribution in [0.3, 0.4) is 0 Å². The first-order chi connectivity index (χ1) is 6.79. The summed E-state index contributed by atoms with van der Waals surface area (Å²) in [6.07, 6.45) is -8.03. The lowest BCUT2D eigenvalue weighted by atomic mass is 10.2. The van der Waals surface area contributed by atoms with E-state index in [0.717, 1.165) is 18.2 Å². The summed E-state index contributed by atoms with van der Waals surface area (Å²) in [6, 6.07) is 2.77. The Morgan fingerprint density at radius 1 is 1.20 bits per heavy atom. The van der Waals surface area contributed by atoms with Crippen LogP contribution < -0.4 is 4.74 Å². The Morgan fingerprint density at radius 3 is 2.27 bits per heavy atom. The van der Waals surface area contributed by atoms with Crippen LogP contribution in [0.15, 0.2) is 23.1 Å². The van der Waals surface area contributed by atoms with E-state index in [1.807, 2.05) is 0 Å². The minimum atomic E-state index is -4.98. The first-order valence-corrected chi connectivity index (χ1v) is 4.11. The van der Waals surface area contributed by atoms with E-state index >= 15 is 0 Å². The van der Waals surface area contributed by atoms with E-state index in [2.05, 4.69) is 17.4 Å². The van der Waals surface area contributed by atoms with E-state index in [0.29, 0.717) is 0 Å². The van der Waals surface area contributed by atoms with Gasteiger partial charge in [0.25, 0.3) is 6.43 Å². The molecule has 0 saturated heterocycles. The Balaban J connectivity index is 3.06. The number of rotatable bonds is 2. The molecule has 0 bridgehead atoms. The zero-order valence-corrected chi connectivity index (χ0v) is 7.95. The van der Waals surface area contributed by atoms with Gasteiger partial charge < -0.3 is 4.74 Å². The summed E-state index contributed by atoms with van der Waals surface area (Å²) in [4.78, 5) is 0.139. The lowest BCUT2D eigenvalue weighted by molar-refractivity contribution is -0.275. The standard InChI is InChI=1S/C8H5F5OS/c9-7(10)5-3-4(15)1-2-6(5)14-8(11,12)13/h1-3,7,15H. The van der Waals surface area contributed by atoms with Crippen LogP contribution in [0.2, 0.25) is 0 Å². The van der Waals surface area contributed by atoms with E-state index in [4.69, 9.17) is 0 Å². The zero-order valence-electron chi connectivity index (χ0n) is 7.05. The summed E-state index contributed by atoms with van der Waals surface area (Å²) >= 11 is 3.74. The molecule has 0 saturated carbocycles. The number of thiol groups is 1. The maximum absolute atomic E-state index is 12.3. The van der Waals surface area contributed by atoms with Crippen molar-refractivity contribution >= 4 is 12.6 Å². The van der Waals surface area contributed by atoms with Crippen LogP contribution in [0, 0.1) is 0 Å². The summed E-state index contributed by atoms with van der Waals surface area (Å²) in [7, 11) is 0. The largest absolute Gasteiger partial charge is 0.573 e. The molecule has 0 fully saturated rings. The molecule has 1 rings (SSSR count). The molecular weight excluding hydrogens is 239 g/mol. The first kappa shape index (κ1) is 12.1. The first-order valence-electron chi connectivity index (χ1n) is 3.66. The SMILES string of the molecule is FC(F)c1cc(S)ccc1OC(F)(F)F. The highest BCUT2D eigenvalue weighted by molar-refractivity contribution is 7.80. The fourth-order valence-electron chi connectivity index (χ4n) is 0.924. The maximum Gasteiger partial charge on any atom is 0.573 e. The Morgan fingerprint density at radius 2 is 1.80 bits per heavy atom. The van der Waals surface area contributed by atoms with Crippen molar-refractivity contribution in [2.75, 3.05) is 0 Å². The Labute approximate surface area is 87.3 Å². The van der Waals surface area contributed by atoms with Crippen molar-refractivity contribution in [2.45, 2.75) is 17.7 Å². The van der Waals surface area contributed by atoms with Gasteiger partial charge in [0.2, 0.25) is 0 Å². The molecule has 15 heavy (non-hydrogen) atoms. The molecule has 1 aromatic carbocycles. The van der Waals surface area contributed by atoms with Crippen molar-refractivity contribution in [1.29, 1.82) is 0 Å². The van der Waals surface area contributed by atoms with Gasteiger partial charge in [-0.05, 0) is 18.2 Å². The molecule has 84 valence electrons. The van der Waals surface area contributed by atoms with Gasteiger partial charge in [-0.2, -0.15) is 0 Å². The van der Waals surface area contributed by atoms with Crippen LogP contribution in [0.1, 0.15) is 12.0 Å². The highest BCUT2D eigenvalue weighted by Gasteiger charge is 2.33. The highest BCUT2D eigenvalue weighted by atomic mass is 32.1. The summed E-state index contributed by atoms with van der Waals surface area (Å²) in [6.45, 7) is 0. The van der Waals surface area contributed by atoms with E-state index < -0.39 is 24.1 Å². The number of alkyl halides is 5. The average molecular weight is 244 g/mol. The predicted octanol–water partition coefficient (Wildman–Crippen LogP) is 3.81. The highest BCUT2D eigenvalue weighted by Crippen LogP contribution is 2.34. The number of hydrogen-bond donors (Lipinski definition) is 1. The van der Waals surface area contributed by atoms with Gasteiger partial charge >= 0.3 is 6.36 Å². The van der Waals surface area contributed by atoms with Gasteiger partial charge in [0.15, 0.2) is 0 Å². The van der Waals surface area contributed by atoms with Crippen molar-refractivity contribution < 1.29 is 26.7 Å². The molecule has 0 spiro atoms. The zero-order chi connectivity index (χ0) is 11.6. The van der Waals surface area contributed by atoms with Crippen LogP contribution in [-0.2, 0) is 0 Å². The molecule has 0 heterocycles. The summed E-state index contributed by atoms with van der Waals surface area (Å²) in [5.41, 5.74) is -0.833. The van der Waals surface area contributed by atoms with Crippen LogP contribution >= 0.6 is 12.6 Å². The number of halogens is 5. The van der Waals surface area contributed by atoms with Crippen molar-refractivity contribution in [3.05, 3.63) is 23.8 Å². The molecule has 0 aromatic heterocycles. The van der Waals surface area contributed by atoms with Gasteiger partial charge in [0.1, 0.15) is 5.75 Å². The minimum Gasteiger partial charge on any atom is -0.405 e. The fourth-order valence-corrected chi connectivity index (χ4v) is 1.14. The van der Waals surface area contributed by atoms with Gasteiger partial charge in [-0.3, -0.25) is 0 Å². The van der Waals surface area contributed by atoms with Gasteiger partial charge in [-0.25, -0.2) is 8.78 Å². The van der Waals surface area contributed by atoms with Crippen LogP contribution in [0.4, 0.5) is 22.0 Å². The molecule has 0 unspecified atom stereocenters. The van der Waals surface area contributed by atoms with Crippen LogP contribution in [0.25, 0.3) is 0 Å². The van der Waals surface area contributed by atoms with E-state index in [9.17, 15) is 22.0 Å². The third-order valence-corrected chi connectivity index (χ3v) is 1.73. The maximum atomic E-state index is 12.3. The minimum absolute atomic E-state index is 0.139. The molecule has 0 amide bonds. The normalized spacial score (nSPS) is 11.9. The Kier molecular flexibility index (Phi) is 3.43. The number of ether oxygens (including phenoxy) is 1. The molecule has 0 aliphatic carbocycles. The lowest BCUT2D eigenvalue weighted by Crippen LogP contribution is -2.18. The third-order valence-electron chi connectivity index (χ3n) is 1.45. The van der Waals surface area contributed by atoms with Crippen molar-refractivity contribution in [3.63, 3.8) is 0 Å². The summed E-state index contributed by atoms with van der Waals surface area (Å²) < 4.78 is 63.4. The van der Waals surface area contributed by atoms with Crippen molar-refractivity contribution in [3.8, 4) is 5.75 Å². The molecule has 0 N–H and O–H groups in total. The Bertz CT molecular complexity index is 349. The molecule has 0 radical (unpaired) electrons. The van der Waals surface area contributed by atoms with Crippen LogP contribution in [-0.4, -0.2) is 6.36 Å². The lowest BCUT2D eigenvalue weighted by Gasteiger charge is -2.12. The van der Waals surface area contributed by atoms with Gasteiger partial charge in [-0.1, -0.05) is 0 Å². The molecule has 0 aliphatic heterocycles. The second-order valence-corrected chi connectivity index (χ2v) is 3.09. The second kappa shape index (κ2) is 4.26. The number of benzene rings is 1. The van der Waals surface area contributed by atoms with E-state index in [1.165, 1.54) is 0 Å². The fraction of sp³-hybridized carbons (Fsp3) is 0.250. The van der Waals surface area contributed by atoms with Gasteiger partial charge in [0, 0.05) is 4.90 Å². The average Bonchev–Trinajstić information content (AvgIpc) is 2.05. The smallest absolute Gasteiger partial charge is 0.405 e. The Hall–Kier alpha value is -0.980. The predicted molar refractivity (Wildman–Crippen MR) is 45.3 cm³/mol. The quantitative estimate of drug-likeness (QED) is 0.614. The van der Waals surface area contributed by atoms with Gasteiger partial charge in [0.05, 0.1) is 5.56 Å². The van der Waals surface area contributed by atoms with E-state index in [-0.39, 0.29) is 4.90 Å².